The van der Waals surface area contributed by atoms with Crippen molar-refractivity contribution in [3.63, 3.8) is 0 Å². The van der Waals surface area contributed by atoms with Crippen molar-refractivity contribution in [1.82, 2.24) is 15.8 Å². The van der Waals surface area contributed by atoms with Crippen molar-refractivity contribution in [1.29, 1.82) is 0 Å². The Morgan fingerprint density at radius 1 is 1.32 bits per heavy atom. The van der Waals surface area contributed by atoms with Crippen LogP contribution in [0.3, 0.4) is 0 Å². The minimum atomic E-state index is -0.601. The van der Waals surface area contributed by atoms with E-state index in [1.807, 2.05) is 37.3 Å². The van der Waals surface area contributed by atoms with Crippen molar-refractivity contribution in [2.24, 2.45) is 0 Å². The van der Waals surface area contributed by atoms with Crippen LogP contribution in [-0.2, 0) is 14.3 Å². The fourth-order valence-electron chi connectivity index (χ4n) is 3.04. The number of nitrogens with zero attached hydrogens (tertiary/aromatic N) is 1. The number of nitrogens with one attached hydrogen (secondary N) is 2. The standard InChI is InChI=1S/C16H19N3O3/c1-3-22-16(21)12-9-17-14-13(11-7-5-4-6-8-11)10(2)18-19(14)15(12)20/h4-10,13-14,17-18H,3H2,1-2H3. The Morgan fingerprint density at radius 3 is 2.73 bits per heavy atom. The molecule has 1 fully saturated rings. The van der Waals surface area contributed by atoms with Crippen LogP contribution in [0.2, 0.25) is 0 Å². The Bertz CT molecular complexity index is 614. The second-order valence-corrected chi connectivity index (χ2v) is 5.42. The van der Waals surface area contributed by atoms with Gasteiger partial charge in [0.05, 0.1) is 6.61 Å². The molecule has 0 aliphatic carbocycles. The summed E-state index contributed by atoms with van der Waals surface area (Å²) in [6.45, 7) is 3.97. The third kappa shape index (κ3) is 2.35. The maximum Gasteiger partial charge on any atom is 0.345 e. The van der Waals surface area contributed by atoms with E-state index in [1.165, 1.54) is 11.2 Å². The summed E-state index contributed by atoms with van der Waals surface area (Å²) in [5, 5.41) is 4.65. The maximum atomic E-state index is 12.5. The Morgan fingerprint density at radius 2 is 2.05 bits per heavy atom. The summed E-state index contributed by atoms with van der Waals surface area (Å²) in [5.74, 6) is -0.853. The van der Waals surface area contributed by atoms with Gasteiger partial charge in [-0.1, -0.05) is 30.3 Å². The van der Waals surface area contributed by atoms with Crippen LogP contribution >= 0.6 is 0 Å². The van der Waals surface area contributed by atoms with Gasteiger partial charge in [0, 0.05) is 18.2 Å². The molecule has 6 heteroatoms. The highest BCUT2D eigenvalue weighted by Gasteiger charge is 2.46. The average Bonchev–Trinajstić information content (AvgIpc) is 2.86. The Labute approximate surface area is 129 Å². The molecule has 0 saturated carbocycles. The van der Waals surface area contributed by atoms with Crippen molar-refractivity contribution < 1.29 is 14.3 Å². The Hall–Kier alpha value is -2.34. The predicted octanol–water partition coefficient (Wildman–Crippen LogP) is 0.882. The van der Waals surface area contributed by atoms with Crippen LogP contribution in [-0.4, -0.2) is 35.7 Å². The van der Waals surface area contributed by atoms with Gasteiger partial charge in [-0.2, -0.15) is 0 Å². The van der Waals surface area contributed by atoms with Crippen LogP contribution in [0.1, 0.15) is 25.3 Å². The number of esters is 1. The van der Waals surface area contributed by atoms with E-state index in [2.05, 4.69) is 10.7 Å². The van der Waals surface area contributed by atoms with Gasteiger partial charge in [-0.15, -0.1) is 0 Å². The molecule has 116 valence electrons. The van der Waals surface area contributed by atoms with E-state index in [4.69, 9.17) is 4.74 Å². The van der Waals surface area contributed by atoms with Crippen LogP contribution in [0.4, 0.5) is 0 Å². The lowest BCUT2D eigenvalue weighted by molar-refractivity contribution is -0.144. The number of hydrogen-bond donors (Lipinski definition) is 2. The molecule has 0 radical (unpaired) electrons. The van der Waals surface area contributed by atoms with E-state index in [9.17, 15) is 9.59 Å². The number of hydrogen-bond acceptors (Lipinski definition) is 5. The zero-order chi connectivity index (χ0) is 15.7. The van der Waals surface area contributed by atoms with Crippen LogP contribution in [0, 0.1) is 0 Å². The van der Waals surface area contributed by atoms with Crippen molar-refractivity contribution in [3.8, 4) is 0 Å². The van der Waals surface area contributed by atoms with Gasteiger partial charge in [-0.05, 0) is 19.4 Å². The Kier molecular flexibility index (Phi) is 3.85. The lowest BCUT2D eigenvalue weighted by atomic mass is 9.91. The quantitative estimate of drug-likeness (QED) is 0.641. The summed E-state index contributed by atoms with van der Waals surface area (Å²) >= 11 is 0. The molecule has 1 aromatic carbocycles. The summed E-state index contributed by atoms with van der Waals surface area (Å²) < 4.78 is 4.92. The van der Waals surface area contributed by atoms with E-state index >= 15 is 0 Å². The molecular formula is C16H19N3O3. The lowest BCUT2D eigenvalue weighted by Crippen LogP contribution is -2.53. The van der Waals surface area contributed by atoms with Crippen LogP contribution < -0.4 is 10.7 Å². The average molecular weight is 301 g/mol. The van der Waals surface area contributed by atoms with E-state index < -0.39 is 5.97 Å². The molecule has 0 aromatic heterocycles. The normalized spacial score (nSPS) is 27.0. The first kappa shape index (κ1) is 14.6. The van der Waals surface area contributed by atoms with E-state index in [0.29, 0.717) is 0 Å². The van der Waals surface area contributed by atoms with Crippen molar-refractivity contribution in [3.05, 3.63) is 47.7 Å². The highest BCUT2D eigenvalue weighted by Crippen LogP contribution is 2.33. The number of carbonyl (C=O) groups is 2. The fraction of sp³-hybridized carbons (Fsp3) is 0.375. The zero-order valence-electron chi connectivity index (χ0n) is 12.6. The molecule has 1 saturated heterocycles. The first-order chi connectivity index (χ1) is 10.6. The number of ether oxygens (including phenoxy) is 1. The van der Waals surface area contributed by atoms with Crippen molar-refractivity contribution in [2.75, 3.05) is 6.61 Å². The fourth-order valence-corrected chi connectivity index (χ4v) is 3.04. The van der Waals surface area contributed by atoms with Gasteiger partial charge in [0.25, 0.3) is 5.91 Å². The van der Waals surface area contributed by atoms with Crippen LogP contribution in [0.5, 0.6) is 0 Å². The van der Waals surface area contributed by atoms with Gasteiger partial charge in [0.1, 0.15) is 11.7 Å². The highest BCUT2D eigenvalue weighted by atomic mass is 16.5. The van der Waals surface area contributed by atoms with Gasteiger partial charge in [0.15, 0.2) is 0 Å². The van der Waals surface area contributed by atoms with Crippen LogP contribution in [0.25, 0.3) is 0 Å². The SMILES string of the molecule is CCOC(=O)C1=CNC2C(c3ccccc3)C(C)NN2C1=O. The summed E-state index contributed by atoms with van der Waals surface area (Å²) in [7, 11) is 0. The molecule has 0 bridgehead atoms. The molecule has 3 unspecified atom stereocenters. The largest absolute Gasteiger partial charge is 0.462 e. The molecule has 2 N–H and O–H groups in total. The summed E-state index contributed by atoms with van der Waals surface area (Å²) in [5.41, 5.74) is 4.32. The van der Waals surface area contributed by atoms with Gasteiger partial charge in [-0.3, -0.25) is 9.80 Å². The third-order valence-corrected chi connectivity index (χ3v) is 4.03. The second-order valence-electron chi connectivity index (χ2n) is 5.42. The third-order valence-electron chi connectivity index (χ3n) is 4.03. The molecule has 22 heavy (non-hydrogen) atoms. The molecular weight excluding hydrogens is 282 g/mol. The van der Waals surface area contributed by atoms with Crippen LogP contribution in [0.15, 0.2) is 42.1 Å². The van der Waals surface area contributed by atoms with Gasteiger partial charge in [-0.25, -0.2) is 10.2 Å². The smallest absolute Gasteiger partial charge is 0.345 e. The Balaban J connectivity index is 1.87. The molecule has 2 aliphatic heterocycles. The van der Waals surface area contributed by atoms with Crippen molar-refractivity contribution in [2.45, 2.75) is 32.0 Å². The topological polar surface area (TPSA) is 70.7 Å². The number of rotatable bonds is 3. The zero-order valence-corrected chi connectivity index (χ0v) is 12.6. The predicted molar refractivity (Wildman–Crippen MR) is 80.3 cm³/mol. The number of amides is 1. The monoisotopic (exact) mass is 301 g/mol. The number of benzene rings is 1. The molecule has 1 amide bonds. The molecule has 0 spiro atoms. The number of carbonyl (C=O) groups excluding carboxylic acids is 2. The molecule has 2 aliphatic rings. The molecule has 3 atom stereocenters. The minimum Gasteiger partial charge on any atom is -0.462 e. The number of fused-ring (bicyclic) bond motifs is 1. The molecule has 1 aromatic rings. The van der Waals surface area contributed by atoms with Crippen molar-refractivity contribution >= 4 is 11.9 Å². The number of hydrazine groups is 1. The maximum absolute atomic E-state index is 12.5. The van der Waals surface area contributed by atoms with Gasteiger partial charge in [0.2, 0.25) is 0 Å². The molecule has 2 heterocycles. The lowest BCUT2D eigenvalue weighted by Gasteiger charge is -2.31. The highest BCUT2D eigenvalue weighted by molar-refractivity contribution is 6.16. The van der Waals surface area contributed by atoms with Gasteiger partial charge >= 0.3 is 5.97 Å². The summed E-state index contributed by atoms with van der Waals surface area (Å²) in [6.07, 6.45) is 1.25. The first-order valence-electron chi connectivity index (χ1n) is 7.41. The van der Waals surface area contributed by atoms with E-state index in [0.717, 1.165) is 5.56 Å². The van der Waals surface area contributed by atoms with E-state index in [-0.39, 0.29) is 36.2 Å². The minimum absolute atomic E-state index is 0.0199. The van der Waals surface area contributed by atoms with E-state index in [1.54, 1.807) is 6.92 Å². The molecule has 6 nitrogen and oxygen atoms in total. The summed E-state index contributed by atoms with van der Waals surface area (Å²) in [6, 6.07) is 10.1. The summed E-state index contributed by atoms with van der Waals surface area (Å²) in [4.78, 5) is 24.3. The van der Waals surface area contributed by atoms with Gasteiger partial charge < -0.3 is 10.1 Å². The molecule has 3 rings (SSSR count). The second kappa shape index (κ2) is 5.81. The first-order valence-corrected chi connectivity index (χ1v) is 7.41.